The van der Waals surface area contributed by atoms with Crippen molar-refractivity contribution in [2.24, 2.45) is 0 Å². The van der Waals surface area contributed by atoms with Gasteiger partial charge in [0.2, 0.25) is 0 Å². The molecule has 0 fully saturated rings. The van der Waals surface area contributed by atoms with E-state index in [0.29, 0.717) is 5.84 Å². The number of amidine groups is 1. The highest BCUT2D eigenvalue weighted by atomic mass is 32.1. The molecule has 0 radical (unpaired) electrons. The SMILES string of the molecule is CCN(CC)C(=N)c1ccsc1. The lowest BCUT2D eigenvalue weighted by molar-refractivity contribution is 0.464. The fourth-order valence-electron chi connectivity index (χ4n) is 1.12. The van der Waals surface area contributed by atoms with Gasteiger partial charge >= 0.3 is 0 Å². The predicted molar refractivity (Wildman–Crippen MR) is 54.1 cm³/mol. The van der Waals surface area contributed by atoms with Gasteiger partial charge in [0.15, 0.2) is 0 Å². The van der Waals surface area contributed by atoms with Crippen LogP contribution in [-0.2, 0) is 0 Å². The largest absolute Gasteiger partial charge is 0.357 e. The molecule has 0 atom stereocenters. The highest BCUT2D eigenvalue weighted by Gasteiger charge is 2.07. The number of nitrogens with one attached hydrogen (secondary N) is 1. The Balaban J connectivity index is 2.70. The minimum Gasteiger partial charge on any atom is -0.357 e. The van der Waals surface area contributed by atoms with E-state index in [9.17, 15) is 0 Å². The zero-order valence-corrected chi connectivity index (χ0v) is 8.32. The Morgan fingerprint density at radius 3 is 2.58 bits per heavy atom. The summed E-state index contributed by atoms with van der Waals surface area (Å²) in [6.07, 6.45) is 0. The Labute approximate surface area is 77.3 Å². The lowest BCUT2D eigenvalue weighted by Crippen LogP contribution is -2.30. The second-order valence-electron chi connectivity index (χ2n) is 2.53. The van der Waals surface area contributed by atoms with Crippen molar-refractivity contribution in [1.29, 1.82) is 5.41 Å². The van der Waals surface area contributed by atoms with Crippen molar-refractivity contribution in [3.63, 3.8) is 0 Å². The van der Waals surface area contributed by atoms with Crippen molar-refractivity contribution in [2.75, 3.05) is 13.1 Å². The smallest absolute Gasteiger partial charge is 0.128 e. The molecular formula is C9H14N2S. The summed E-state index contributed by atoms with van der Waals surface area (Å²) in [5.41, 5.74) is 1.03. The van der Waals surface area contributed by atoms with E-state index in [0.717, 1.165) is 18.7 Å². The number of hydrogen-bond donors (Lipinski definition) is 1. The highest BCUT2D eigenvalue weighted by Crippen LogP contribution is 2.08. The van der Waals surface area contributed by atoms with E-state index in [-0.39, 0.29) is 0 Å². The maximum atomic E-state index is 7.84. The molecular weight excluding hydrogens is 168 g/mol. The maximum Gasteiger partial charge on any atom is 0.128 e. The number of rotatable bonds is 3. The minimum absolute atomic E-state index is 0.640. The standard InChI is InChI=1S/C9H14N2S/c1-3-11(4-2)9(10)8-5-6-12-7-8/h5-7,10H,3-4H2,1-2H3. The van der Waals surface area contributed by atoms with Crippen LogP contribution in [0.15, 0.2) is 16.8 Å². The van der Waals surface area contributed by atoms with Gasteiger partial charge in [0.25, 0.3) is 0 Å². The van der Waals surface area contributed by atoms with Crippen molar-refractivity contribution >= 4 is 17.2 Å². The Morgan fingerprint density at radius 2 is 2.17 bits per heavy atom. The molecule has 3 heteroatoms. The first-order valence-corrected chi connectivity index (χ1v) is 5.10. The summed E-state index contributed by atoms with van der Waals surface area (Å²) in [6, 6.07) is 1.99. The van der Waals surface area contributed by atoms with Gasteiger partial charge in [-0.15, -0.1) is 0 Å². The summed E-state index contributed by atoms with van der Waals surface area (Å²) in [7, 11) is 0. The zero-order valence-electron chi connectivity index (χ0n) is 7.50. The fourth-order valence-corrected chi connectivity index (χ4v) is 1.76. The predicted octanol–water partition coefficient (Wildman–Crippen LogP) is 2.42. The van der Waals surface area contributed by atoms with Crippen molar-refractivity contribution in [2.45, 2.75) is 13.8 Å². The van der Waals surface area contributed by atoms with Gasteiger partial charge in [0.05, 0.1) is 0 Å². The van der Waals surface area contributed by atoms with Crippen molar-refractivity contribution in [3.05, 3.63) is 22.4 Å². The second kappa shape index (κ2) is 4.26. The topological polar surface area (TPSA) is 27.1 Å². The van der Waals surface area contributed by atoms with Crippen LogP contribution < -0.4 is 0 Å². The molecule has 2 nitrogen and oxygen atoms in total. The molecule has 1 rings (SSSR count). The van der Waals surface area contributed by atoms with Crippen molar-refractivity contribution < 1.29 is 0 Å². The third-order valence-electron chi connectivity index (χ3n) is 1.87. The number of nitrogens with zero attached hydrogens (tertiary/aromatic N) is 1. The quantitative estimate of drug-likeness (QED) is 0.564. The average molecular weight is 182 g/mol. The van der Waals surface area contributed by atoms with E-state index in [4.69, 9.17) is 5.41 Å². The molecule has 0 bridgehead atoms. The monoisotopic (exact) mass is 182 g/mol. The first-order valence-electron chi connectivity index (χ1n) is 4.15. The molecule has 0 saturated carbocycles. The second-order valence-corrected chi connectivity index (χ2v) is 3.31. The van der Waals surface area contributed by atoms with Crippen molar-refractivity contribution in [3.8, 4) is 0 Å². The Kier molecular flexibility index (Phi) is 3.29. The van der Waals surface area contributed by atoms with Crippen LogP contribution in [0.25, 0.3) is 0 Å². The Hall–Kier alpha value is -0.830. The van der Waals surface area contributed by atoms with Crippen LogP contribution in [0.5, 0.6) is 0 Å². The third-order valence-corrected chi connectivity index (χ3v) is 2.56. The molecule has 1 aromatic rings. The van der Waals surface area contributed by atoms with Crippen LogP contribution >= 0.6 is 11.3 Å². The molecule has 0 aliphatic carbocycles. The van der Waals surface area contributed by atoms with E-state index in [2.05, 4.69) is 13.8 Å². The molecule has 12 heavy (non-hydrogen) atoms. The van der Waals surface area contributed by atoms with Gasteiger partial charge in [0, 0.05) is 24.0 Å². The molecule has 0 spiro atoms. The van der Waals surface area contributed by atoms with Gasteiger partial charge in [0.1, 0.15) is 5.84 Å². The first kappa shape index (κ1) is 9.26. The van der Waals surface area contributed by atoms with Crippen LogP contribution in [-0.4, -0.2) is 23.8 Å². The number of hydrogen-bond acceptors (Lipinski definition) is 2. The molecule has 1 N–H and O–H groups in total. The molecule has 1 aromatic heterocycles. The van der Waals surface area contributed by atoms with Gasteiger partial charge in [-0.05, 0) is 25.3 Å². The normalized spacial score (nSPS) is 9.83. The summed E-state index contributed by atoms with van der Waals surface area (Å²) in [6.45, 7) is 5.96. The van der Waals surface area contributed by atoms with Gasteiger partial charge < -0.3 is 4.90 Å². The van der Waals surface area contributed by atoms with E-state index in [1.54, 1.807) is 11.3 Å². The van der Waals surface area contributed by atoms with Gasteiger partial charge in [-0.2, -0.15) is 11.3 Å². The molecule has 0 aliphatic rings. The van der Waals surface area contributed by atoms with Gasteiger partial charge in [-0.3, -0.25) is 5.41 Å². The highest BCUT2D eigenvalue weighted by molar-refractivity contribution is 7.08. The van der Waals surface area contributed by atoms with Crippen LogP contribution in [0.4, 0.5) is 0 Å². The lowest BCUT2D eigenvalue weighted by atomic mass is 10.3. The van der Waals surface area contributed by atoms with Crippen molar-refractivity contribution in [1.82, 2.24) is 4.90 Å². The summed E-state index contributed by atoms with van der Waals surface area (Å²) in [5.74, 6) is 0.640. The summed E-state index contributed by atoms with van der Waals surface area (Å²) in [5, 5.41) is 11.9. The van der Waals surface area contributed by atoms with E-state index in [1.165, 1.54) is 0 Å². The fraction of sp³-hybridized carbons (Fsp3) is 0.444. The van der Waals surface area contributed by atoms with Crippen LogP contribution in [0.2, 0.25) is 0 Å². The summed E-state index contributed by atoms with van der Waals surface area (Å²) >= 11 is 1.64. The summed E-state index contributed by atoms with van der Waals surface area (Å²) in [4.78, 5) is 2.04. The van der Waals surface area contributed by atoms with E-state index in [1.807, 2.05) is 21.7 Å². The average Bonchev–Trinajstić information content (AvgIpc) is 2.58. The molecule has 0 saturated heterocycles. The molecule has 1 heterocycles. The van der Waals surface area contributed by atoms with Crippen LogP contribution in [0.3, 0.4) is 0 Å². The molecule has 0 unspecified atom stereocenters. The molecule has 0 aliphatic heterocycles. The minimum atomic E-state index is 0.640. The Morgan fingerprint density at radius 1 is 1.50 bits per heavy atom. The van der Waals surface area contributed by atoms with Crippen LogP contribution in [0, 0.1) is 5.41 Å². The van der Waals surface area contributed by atoms with Gasteiger partial charge in [-0.1, -0.05) is 0 Å². The van der Waals surface area contributed by atoms with E-state index < -0.39 is 0 Å². The van der Waals surface area contributed by atoms with Gasteiger partial charge in [-0.25, -0.2) is 0 Å². The lowest BCUT2D eigenvalue weighted by Gasteiger charge is -2.20. The summed E-state index contributed by atoms with van der Waals surface area (Å²) < 4.78 is 0. The third kappa shape index (κ3) is 1.85. The molecule has 0 aromatic carbocycles. The van der Waals surface area contributed by atoms with E-state index >= 15 is 0 Å². The van der Waals surface area contributed by atoms with Crippen LogP contribution in [0.1, 0.15) is 19.4 Å². The maximum absolute atomic E-state index is 7.84. The Bertz CT molecular complexity index is 237. The number of thiophene rings is 1. The first-order chi connectivity index (χ1) is 5.79. The zero-order chi connectivity index (χ0) is 8.97. The molecule has 66 valence electrons. The molecule has 0 amide bonds.